The van der Waals surface area contributed by atoms with E-state index in [1.165, 1.54) is 12.1 Å². The number of benzene rings is 1. The summed E-state index contributed by atoms with van der Waals surface area (Å²) in [7, 11) is 0. The van der Waals surface area contributed by atoms with Crippen LogP contribution in [0.4, 0.5) is 15.9 Å². The zero-order valence-corrected chi connectivity index (χ0v) is 10.3. The van der Waals surface area contributed by atoms with Crippen molar-refractivity contribution in [3.05, 3.63) is 60.2 Å². The molecule has 0 spiro atoms. The molecule has 4 nitrogen and oxygen atoms in total. The largest absolute Gasteiger partial charge is 0.283 e. The fourth-order valence-corrected chi connectivity index (χ4v) is 1.83. The summed E-state index contributed by atoms with van der Waals surface area (Å²) in [4.78, 5) is 4.39. The van der Waals surface area contributed by atoms with Crippen molar-refractivity contribution in [2.75, 3.05) is 0 Å². The minimum atomic E-state index is -0.287. The summed E-state index contributed by atoms with van der Waals surface area (Å²) < 4.78 is 14.6. The second-order valence-electron chi connectivity index (χ2n) is 4.13. The summed E-state index contributed by atoms with van der Waals surface area (Å²) in [6.45, 7) is 1.88. The summed E-state index contributed by atoms with van der Waals surface area (Å²) in [5.74, 6) is 0.393. The van der Waals surface area contributed by atoms with Crippen LogP contribution >= 0.6 is 0 Å². The van der Waals surface area contributed by atoms with Crippen molar-refractivity contribution >= 4 is 17.2 Å². The van der Waals surface area contributed by atoms with Crippen LogP contribution in [0.5, 0.6) is 0 Å². The van der Waals surface area contributed by atoms with Gasteiger partial charge >= 0.3 is 0 Å². The second kappa shape index (κ2) is 4.61. The molecule has 94 valence electrons. The van der Waals surface area contributed by atoms with Gasteiger partial charge in [-0.3, -0.25) is 4.40 Å². The normalized spacial score (nSPS) is 11.5. The summed E-state index contributed by atoms with van der Waals surface area (Å²) in [5, 5.41) is 8.30. The molecule has 0 atom stereocenters. The van der Waals surface area contributed by atoms with E-state index >= 15 is 0 Å². The maximum Gasteiger partial charge on any atom is 0.182 e. The first kappa shape index (κ1) is 11.5. The summed E-state index contributed by atoms with van der Waals surface area (Å²) in [6.07, 6.45) is 1.88. The third-order valence-electron chi connectivity index (χ3n) is 2.76. The molecule has 2 aromatic heterocycles. The molecule has 3 rings (SSSR count). The number of fused-ring (bicyclic) bond motifs is 1. The van der Waals surface area contributed by atoms with Gasteiger partial charge in [-0.1, -0.05) is 6.07 Å². The molecule has 0 aliphatic heterocycles. The van der Waals surface area contributed by atoms with Crippen molar-refractivity contribution in [1.82, 2.24) is 9.38 Å². The Labute approximate surface area is 109 Å². The average molecular weight is 254 g/mol. The average Bonchev–Trinajstić information content (AvgIpc) is 2.74. The zero-order valence-electron chi connectivity index (χ0n) is 10.3. The van der Waals surface area contributed by atoms with Crippen LogP contribution in [0, 0.1) is 12.7 Å². The van der Waals surface area contributed by atoms with E-state index in [2.05, 4.69) is 15.2 Å². The number of halogens is 1. The van der Waals surface area contributed by atoms with Gasteiger partial charge in [0.2, 0.25) is 0 Å². The van der Waals surface area contributed by atoms with Crippen LogP contribution in [0.3, 0.4) is 0 Å². The number of pyridine rings is 1. The number of nitrogens with zero attached hydrogens (tertiary/aromatic N) is 4. The van der Waals surface area contributed by atoms with Crippen molar-refractivity contribution in [2.45, 2.75) is 6.92 Å². The molecule has 0 unspecified atom stereocenters. The van der Waals surface area contributed by atoms with E-state index in [0.717, 1.165) is 11.3 Å². The Bertz CT molecular complexity index is 744. The molecule has 0 fully saturated rings. The minimum Gasteiger partial charge on any atom is -0.283 e. The molecule has 0 amide bonds. The van der Waals surface area contributed by atoms with Gasteiger partial charge in [0, 0.05) is 6.20 Å². The predicted octanol–water partition coefficient (Wildman–Crippen LogP) is 4.20. The molecule has 0 aliphatic carbocycles. The molecule has 2 heterocycles. The second-order valence-corrected chi connectivity index (χ2v) is 4.13. The van der Waals surface area contributed by atoms with Crippen molar-refractivity contribution < 1.29 is 4.39 Å². The molecule has 0 N–H and O–H groups in total. The first-order valence-corrected chi connectivity index (χ1v) is 5.85. The fraction of sp³-hybridized carbons (Fsp3) is 0.0714. The Morgan fingerprint density at radius 2 is 1.84 bits per heavy atom. The zero-order chi connectivity index (χ0) is 13.2. The third kappa shape index (κ3) is 2.22. The molecule has 0 aliphatic rings. The molecule has 3 aromatic rings. The van der Waals surface area contributed by atoms with Crippen molar-refractivity contribution in [1.29, 1.82) is 0 Å². The van der Waals surface area contributed by atoms with Crippen LogP contribution in [-0.2, 0) is 0 Å². The van der Waals surface area contributed by atoms with Crippen molar-refractivity contribution in [3.63, 3.8) is 0 Å². The molecule has 0 bridgehead atoms. The maximum atomic E-state index is 12.8. The lowest BCUT2D eigenvalue weighted by Crippen LogP contribution is -1.80. The van der Waals surface area contributed by atoms with Crippen molar-refractivity contribution in [3.8, 4) is 0 Å². The highest BCUT2D eigenvalue weighted by Gasteiger charge is 2.06. The lowest BCUT2D eigenvalue weighted by molar-refractivity contribution is 0.628. The maximum absolute atomic E-state index is 12.8. The van der Waals surface area contributed by atoms with E-state index in [0.29, 0.717) is 11.5 Å². The first-order chi connectivity index (χ1) is 9.24. The van der Waals surface area contributed by atoms with Crippen molar-refractivity contribution in [2.24, 2.45) is 10.2 Å². The number of hydrogen-bond acceptors (Lipinski definition) is 3. The van der Waals surface area contributed by atoms with Crippen LogP contribution in [0.25, 0.3) is 5.65 Å². The fourth-order valence-electron chi connectivity index (χ4n) is 1.83. The van der Waals surface area contributed by atoms with E-state index in [9.17, 15) is 4.39 Å². The highest BCUT2D eigenvalue weighted by atomic mass is 19.1. The van der Waals surface area contributed by atoms with E-state index in [-0.39, 0.29) is 5.82 Å². The summed E-state index contributed by atoms with van der Waals surface area (Å²) in [6, 6.07) is 11.6. The van der Waals surface area contributed by atoms with Gasteiger partial charge in [0.1, 0.15) is 11.5 Å². The van der Waals surface area contributed by atoms with Crippen LogP contribution in [-0.4, -0.2) is 9.38 Å². The van der Waals surface area contributed by atoms with Crippen LogP contribution in [0.1, 0.15) is 5.69 Å². The van der Waals surface area contributed by atoms with E-state index in [1.807, 2.05) is 35.7 Å². The van der Waals surface area contributed by atoms with Gasteiger partial charge in [-0.15, -0.1) is 10.2 Å². The Balaban J connectivity index is 2.01. The molecule has 0 saturated heterocycles. The lowest BCUT2D eigenvalue weighted by Gasteiger charge is -1.95. The van der Waals surface area contributed by atoms with Crippen LogP contribution in [0.2, 0.25) is 0 Å². The predicted molar refractivity (Wildman–Crippen MR) is 70.5 cm³/mol. The standard InChI is InChI=1S/C14H11FN4/c1-10-14(19-9-3-2-4-13(19)16-10)18-17-12-7-5-11(15)6-8-12/h2-9H,1H3. The van der Waals surface area contributed by atoms with Crippen LogP contribution < -0.4 is 0 Å². The van der Waals surface area contributed by atoms with Gasteiger partial charge in [0.15, 0.2) is 5.82 Å². The van der Waals surface area contributed by atoms with Gasteiger partial charge < -0.3 is 0 Å². The molecule has 19 heavy (non-hydrogen) atoms. The first-order valence-electron chi connectivity index (χ1n) is 5.85. The van der Waals surface area contributed by atoms with E-state index in [1.54, 1.807) is 12.1 Å². The molecule has 5 heteroatoms. The smallest absolute Gasteiger partial charge is 0.182 e. The Kier molecular flexibility index (Phi) is 2.79. The van der Waals surface area contributed by atoms with Crippen LogP contribution in [0.15, 0.2) is 58.9 Å². The number of aromatic nitrogens is 2. The number of aryl methyl sites for hydroxylation is 1. The third-order valence-corrected chi connectivity index (χ3v) is 2.76. The molecular weight excluding hydrogens is 243 g/mol. The number of rotatable bonds is 2. The number of azo groups is 1. The van der Waals surface area contributed by atoms with Gasteiger partial charge in [-0.2, -0.15) is 0 Å². The Morgan fingerprint density at radius 1 is 1.05 bits per heavy atom. The SMILES string of the molecule is Cc1nc2ccccn2c1N=Nc1ccc(F)cc1. The number of imidazole rings is 1. The lowest BCUT2D eigenvalue weighted by atomic mass is 10.3. The molecule has 1 aromatic carbocycles. The highest BCUT2D eigenvalue weighted by molar-refractivity contribution is 5.51. The number of hydrogen-bond donors (Lipinski definition) is 0. The monoisotopic (exact) mass is 254 g/mol. The topological polar surface area (TPSA) is 42.0 Å². The van der Waals surface area contributed by atoms with Gasteiger partial charge in [-0.05, 0) is 43.3 Å². The highest BCUT2D eigenvalue weighted by Crippen LogP contribution is 2.23. The summed E-state index contributed by atoms with van der Waals surface area (Å²) >= 11 is 0. The quantitative estimate of drug-likeness (QED) is 0.632. The molecular formula is C14H11FN4. The van der Waals surface area contributed by atoms with E-state index < -0.39 is 0 Å². The van der Waals surface area contributed by atoms with Gasteiger partial charge in [-0.25, -0.2) is 9.37 Å². The van der Waals surface area contributed by atoms with E-state index in [4.69, 9.17) is 0 Å². The van der Waals surface area contributed by atoms with Gasteiger partial charge in [0.25, 0.3) is 0 Å². The minimum absolute atomic E-state index is 0.287. The van der Waals surface area contributed by atoms with Gasteiger partial charge in [0.05, 0.1) is 11.4 Å². The molecule has 0 radical (unpaired) electrons. The molecule has 0 saturated carbocycles. The Morgan fingerprint density at radius 3 is 2.63 bits per heavy atom. The Hall–Kier alpha value is -2.56. The summed E-state index contributed by atoms with van der Waals surface area (Å²) in [5.41, 5.74) is 2.23.